The molecule has 0 spiro atoms. The minimum atomic E-state index is -1.01. The van der Waals surface area contributed by atoms with E-state index < -0.39 is 18.0 Å². The third-order valence-corrected chi connectivity index (χ3v) is 3.45. The number of amides is 2. The molecule has 2 N–H and O–H groups in total. The van der Waals surface area contributed by atoms with Crippen molar-refractivity contribution < 1.29 is 14.7 Å². The second kappa shape index (κ2) is 6.93. The van der Waals surface area contributed by atoms with E-state index in [4.69, 9.17) is 0 Å². The maximum absolute atomic E-state index is 12.1. The lowest BCUT2D eigenvalue weighted by atomic mass is 9.99. The summed E-state index contributed by atoms with van der Waals surface area (Å²) < 4.78 is 0. The number of benzene rings is 1. The number of carboxylic acid groups (broad SMARTS) is 1. The molecule has 0 aliphatic rings. The molecule has 5 nitrogen and oxygen atoms in total. The normalized spacial score (nSPS) is 13.4. The van der Waals surface area contributed by atoms with Crippen LogP contribution in [-0.2, 0) is 4.79 Å². The molecule has 0 radical (unpaired) electrons. The van der Waals surface area contributed by atoms with Crippen LogP contribution in [0, 0.1) is 12.8 Å². The summed E-state index contributed by atoms with van der Waals surface area (Å²) in [5.41, 5.74) is 1.77. The molecule has 0 aliphatic carbocycles. The van der Waals surface area contributed by atoms with E-state index in [9.17, 15) is 14.7 Å². The number of carbonyl (C=O) groups excluding carboxylic acids is 1. The van der Waals surface area contributed by atoms with Crippen LogP contribution in [0.5, 0.6) is 0 Å². The number of anilines is 1. The molecule has 0 aromatic heterocycles. The lowest BCUT2D eigenvalue weighted by molar-refractivity contribution is -0.140. The molecule has 5 heteroatoms. The van der Waals surface area contributed by atoms with Gasteiger partial charge in [0.25, 0.3) is 0 Å². The third-order valence-electron chi connectivity index (χ3n) is 3.45. The van der Waals surface area contributed by atoms with Crippen molar-refractivity contribution in [2.24, 2.45) is 5.92 Å². The van der Waals surface area contributed by atoms with Gasteiger partial charge >= 0.3 is 12.0 Å². The summed E-state index contributed by atoms with van der Waals surface area (Å²) in [6.07, 6.45) is 0.686. The second-order valence-corrected chi connectivity index (χ2v) is 5.05. The Kier molecular flexibility index (Phi) is 5.55. The monoisotopic (exact) mass is 278 g/mol. The van der Waals surface area contributed by atoms with Gasteiger partial charge in [0.05, 0.1) is 0 Å². The molecule has 110 valence electrons. The van der Waals surface area contributed by atoms with Gasteiger partial charge in [0.2, 0.25) is 0 Å². The predicted molar refractivity (Wildman–Crippen MR) is 79.0 cm³/mol. The van der Waals surface area contributed by atoms with Gasteiger partial charge in [-0.2, -0.15) is 0 Å². The highest BCUT2D eigenvalue weighted by molar-refractivity contribution is 5.94. The van der Waals surface area contributed by atoms with Crippen molar-refractivity contribution in [2.75, 3.05) is 11.9 Å². The molecule has 0 heterocycles. The molecule has 1 aromatic carbocycles. The van der Waals surface area contributed by atoms with Crippen molar-refractivity contribution in [1.82, 2.24) is 5.32 Å². The van der Waals surface area contributed by atoms with Crippen LogP contribution in [0.3, 0.4) is 0 Å². The highest BCUT2D eigenvalue weighted by Gasteiger charge is 2.26. The van der Waals surface area contributed by atoms with E-state index in [1.165, 1.54) is 4.90 Å². The summed E-state index contributed by atoms with van der Waals surface area (Å²) in [7, 11) is 1.62. The Balaban J connectivity index is 2.81. The zero-order chi connectivity index (χ0) is 15.3. The first-order valence-electron chi connectivity index (χ1n) is 6.70. The van der Waals surface area contributed by atoms with Crippen LogP contribution < -0.4 is 10.2 Å². The van der Waals surface area contributed by atoms with Gasteiger partial charge in [0, 0.05) is 12.7 Å². The Morgan fingerprint density at radius 2 is 2.05 bits per heavy atom. The van der Waals surface area contributed by atoms with Crippen LogP contribution in [0.25, 0.3) is 0 Å². The molecule has 0 saturated carbocycles. The number of nitrogens with zero attached hydrogens (tertiary/aromatic N) is 1. The largest absolute Gasteiger partial charge is 0.480 e. The lowest BCUT2D eigenvalue weighted by Crippen LogP contribution is -2.49. The van der Waals surface area contributed by atoms with Crippen LogP contribution in [0.15, 0.2) is 24.3 Å². The van der Waals surface area contributed by atoms with Gasteiger partial charge in [-0.05, 0) is 30.5 Å². The van der Waals surface area contributed by atoms with E-state index >= 15 is 0 Å². The van der Waals surface area contributed by atoms with E-state index in [1.54, 1.807) is 7.05 Å². The molecule has 0 aliphatic heterocycles. The maximum Gasteiger partial charge on any atom is 0.326 e. The molecule has 2 amide bonds. The van der Waals surface area contributed by atoms with E-state index in [0.717, 1.165) is 11.3 Å². The van der Waals surface area contributed by atoms with Crippen LogP contribution >= 0.6 is 0 Å². The van der Waals surface area contributed by atoms with Crippen molar-refractivity contribution in [1.29, 1.82) is 0 Å². The van der Waals surface area contributed by atoms with Gasteiger partial charge in [-0.3, -0.25) is 4.90 Å². The fourth-order valence-electron chi connectivity index (χ4n) is 1.87. The smallest absolute Gasteiger partial charge is 0.326 e. The molecular formula is C15H22N2O3. The number of rotatable bonds is 5. The van der Waals surface area contributed by atoms with Crippen molar-refractivity contribution in [3.05, 3.63) is 29.8 Å². The topological polar surface area (TPSA) is 69.6 Å². The molecule has 0 saturated heterocycles. The molecule has 0 unspecified atom stereocenters. The Morgan fingerprint density at radius 1 is 1.40 bits per heavy atom. The van der Waals surface area contributed by atoms with Gasteiger partial charge in [0.1, 0.15) is 6.04 Å². The predicted octanol–water partition coefficient (Wildman–Crippen LogP) is 2.64. The van der Waals surface area contributed by atoms with Crippen LogP contribution in [0.2, 0.25) is 0 Å². The maximum atomic E-state index is 12.1. The highest BCUT2D eigenvalue weighted by Crippen LogP contribution is 2.15. The molecule has 0 fully saturated rings. The molecule has 2 atom stereocenters. The average molecular weight is 278 g/mol. The number of carboxylic acids is 1. The van der Waals surface area contributed by atoms with E-state index in [2.05, 4.69) is 5.32 Å². The molecular weight excluding hydrogens is 256 g/mol. The van der Waals surface area contributed by atoms with E-state index in [-0.39, 0.29) is 5.92 Å². The molecule has 1 aromatic rings. The van der Waals surface area contributed by atoms with Crippen molar-refractivity contribution >= 4 is 17.7 Å². The molecule has 1 rings (SSSR count). The first kappa shape index (κ1) is 16.0. The average Bonchev–Trinajstić information content (AvgIpc) is 2.42. The first-order valence-corrected chi connectivity index (χ1v) is 6.70. The summed E-state index contributed by atoms with van der Waals surface area (Å²) in [6.45, 7) is 5.65. The first-order chi connectivity index (χ1) is 9.36. The third kappa shape index (κ3) is 3.98. The summed E-state index contributed by atoms with van der Waals surface area (Å²) in [5.74, 6) is -1.13. The lowest BCUT2D eigenvalue weighted by Gasteiger charge is -2.24. The Morgan fingerprint density at radius 3 is 2.55 bits per heavy atom. The Bertz CT molecular complexity index is 488. The second-order valence-electron chi connectivity index (χ2n) is 5.05. The van der Waals surface area contributed by atoms with Gasteiger partial charge in [-0.1, -0.05) is 32.4 Å². The van der Waals surface area contributed by atoms with Gasteiger partial charge in [-0.25, -0.2) is 9.59 Å². The van der Waals surface area contributed by atoms with Gasteiger partial charge in [-0.15, -0.1) is 0 Å². The summed E-state index contributed by atoms with van der Waals surface area (Å²) >= 11 is 0. The quantitative estimate of drug-likeness (QED) is 0.870. The Hall–Kier alpha value is -2.04. The minimum Gasteiger partial charge on any atom is -0.480 e. The van der Waals surface area contributed by atoms with E-state index in [1.807, 2.05) is 45.0 Å². The van der Waals surface area contributed by atoms with Gasteiger partial charge < -0.3 is 10.4 Å². The van der Waals surface area contributed by atoms with Crippen LogP contribution in [0.1, 0.15) is 25.8 Å². The van der Waals surface area contributed by atoms with Crippen molar-refractivity contribution in [3.8, 4) is 0 Å². The fourth-order valence-corrected chi connectivity index (χ4v) is 1.87. The number of aryl methyl sites for hydroxylation is 1. The standard InChI is InChI=1S/C15H22N2O3/c1-5-11(3)13(14(18)19)16-15(20)17(4)12-8-6-7-10(2)9-12/h6-9,11,13H,5H2,1-4H3,(H,16,20)(H,18,19)/t11-,13-/m0/s1. The fraction of sp³-hybridized carbons (Fsp3) is 0.467. The molecule has 20 heavy (non-hydrogen) atoms. The number of aliphatic carboxylic acids is 1. The SMILES string of the molecule is CC[C@H](C)[C@H](NC(=O)N(C)c1cccc(C)c1)C(=O)O. The molecule has 0 bridgehead atoms. The zero-order valence-electron chi connectivity index (χ0n) is 12.4. The number of hydrogen-bond acceptors (Lipinski definition) is 2. The van der Waals surface area contributed by atoms with Crippen LogP contribution in [0.4, 0.5) is 10.5 Å². The number of urea groups is 1. The zero-order valence-corrected chi connectivity index (χ0v) is 12.4. The number of hydrogen-bond donors (Lipinski definition) is 2. The van der Waals surface area contributed by atoms with Crippen LogP contribution in [-0.4, -0.2) is 30.2 Å². The Labute approximate surface area is 119 Å². The van der Waals surface area contributed by atoms with Gasteiger partial charge in [0.15, 0.2) is 0 Å². The van der Waals surface area contributed by atoms with Crippen molar-refractivity contribution in [3.63, 3.8) is 0 Å². The summed E-state index contributed by atoms with van der Waals surface area (Å²) in [5, 5.41) is 11.8. The van der Waals surface area contributed by atoms with Crippen molar-refractivity contribution in [2.45, 2.75) is 33.2 Å². The minimum absolute atomic E-state index is 0.123. The van der Waals surface area contributed by atoms with E-state index in [0.29, 0.717) is 6.42 Å². The highest BCUT2D eigenvalue weighted by atomic mass is 16.4. The summed E-state index contributed by atoms with van der Waals surface area (Å²) in [4.78, 5) is 24.8. The summed E-state index contributed by atoms with van der Waals surface area (Å²) in [6, 6.07) is 6.19. The number of carbonyl (C=O) groups is 2. The number of nitrogens with one attached hydrogen (secondary N) is 1.